The van der Waals surface area contributed by atoms with Crippen LogP contribution in [0.5, 0.6) is 0 Å². The third-order valence-corrected chi connectivity index (χ3v) is 1.50. The zero-order valence-corrected chi connectivity index (χ0v) is 8.02. The molecule has 0 aliphatic carbocycles. The van der Waals surface area contributed by atoms with Gasteiger partial charge in [0.25, 0.3) is 0 Å². The van der Waals surface area contributed by atoms with E-state index in [-0.39, 0.29) is 0 Å². The average Bonchev–Trinajstić information content (AvgIpc) is 1.96. The average molecular weight is 156 g/mol. The molecule has 1 heteroatoms. The van der Waals surface area contributed by atoms with Crippen molar-refractivity contribution >= 4 is 0 Å². The molecule has 0 heterocycles. The monoisotopic (exact) mass is 156 g/mol. The Balaban J connectivity index is 2.97. The van der Waals surface area contributed by atoms with E-state index in [0.29, 0.717) is 0 Å². The molecule has 0 amide bonds. The summed E-state index contributed by atoms with van der Waals surface area (Å²) in [6, 6.07) is 0. The van der Waals surface area contributed by atoms with Gasteiger partial charge in [-0.1, -0.05) is 11.6 Å². The highest BCUT2D eigenvalue weighted by Gasteiger charge is 1.85. The van der Waals surface area contributed by atoms with Crippen LogP contribution in [0.1, 0.15) is 40.0 Å². The van der Waals surface area contributed by atoms with Crippen LogP contribution in [0.3, 0.4) is 0 Å². The number of allylic oxidation sites excluding steroid dienone is 2. The van der Waals surface area contributed by atoms with Crippen molar-refractivity contribution in [1.82, 2.24) is 0 Å². The van der Waals surface area contributed by atoms with Gasteiger partial charge in [0.2, 0.25) is 0 Å². The van der Waals surface area contributed by atoms with Crippen LogP contribution in [0.15, 0.2) is 11.6 Å². The van der Waals surface area contributed by atoms with E-state index < -0.39 is 0 Å². The van der Waals surface area contributed by atoms with Crippen molar-refractivity contribution in [1.29, 1.82) is 0 Å². The molecule has 0 saturated heterocycles. The summed E-state index contributed by atoms with van der Waals surface area (Å²) in [4.78, 5) is 0. The maximum Gasteiger partial charge on any atom is 0.0466 e. The van der Waals surface area contributed by atoms with E-state index in [2.05, 4.69) is 19.9 Å². The maximum atomic E-state index is 5.22. The van der Waals surface area contributed by atoms with Crippen LogP contribution in [-0.2, 0) is 4.74 Å². The lowest BCUT2D eigenvalue weighted by atomic mass is 10.2. The van der Waals surface area contributed by atoms with Crippen LogP contribution in [0.4, 0.5) is 0 Å². The molecule has 0 unspecified atom stereocenters. The standard InChI is InChI=1S/C10H20O/c1-4-11-9-7-5-6-8-10(2)3/h8H,4-7,9H2,1-3H3. The van der Waals surface area contributed by atoms with Crippen molar-refractivity contribution in [3.8, 4) is 0 Å². The topological polar surface area (TPSA) is 9.23 Å². The molecule has 0 bridgehead atoms. The molecule has 66 valence electrons. The van der Waals surface area contributed by atoms with Gasteiger partial charge in [0.15, 0.2) is 0 Å². The molecule has 0 rings (SSSR count). The molecule has 0 aromatic rings. The van der Waals surface area contributed by atoms with E-state index in [4.69, 9.17) is 4.74 Å². The summed E-state index contributed by atoms with van der Waals surface area (Å²) in [7, 11) is 0. The molecular weight excluding hydrogens is 136 g/mol. The summed E-state index contributed by atoms with van der Waals surface area (Å²) in [5.74, 6) is 0. The normalized spacial score (nSPS) is 9.73. The molecule has 0 saturated carbocycles. The van der Waals surface area contributed by atoms with Crippen LogP contribution in [0, 0.1) is 0 Å². The molecule has 0 radical (unpaired) electrons. The number of rotatable bonds is 6. The van der Waals surface area contributed by atoms with Crippen LogP contribution >= 0.6 is 0 Å². The predicted octanol–water partition coefficient (Wildman–Crippen LogP) is 3.16. The number of ether oxygens (including phenoxy) is 1. The lowest BCUT2D eigenvalue weighted by Crippen LogP contribution is -1.92. The van der Waals surface area contributed by atoms with E-state index in [1.54, 1.807) is 0 Å². The Bertz CT molecular complexity index is 101. The Labute approximate surface area is 70.4 Å². The van der Waals surface area contributed by atoms with Gasteiger partial charge in [0, 0.05) is 13.2 Å². The van der Waals surface area contributed by atoms with Crippen LogP contribution in [-0.4, -0.2) is 13.2 Å². The molecule has 11 heavy (non-hydrogen) atoms. The quantitative estimate of drug-likeness (QED) is 0.424. The van der Waals surface area contributed by atoms with Gasteiger partial charge in [-0.15, -0.1) is 0 Å². The smallest absolute Gasteiger partial charge is 0.0466 e. The SMILES string of the molecule is CCOCCCCC=C(C)C. The first kappa shape index (κ1) is 10.7. The Hall–Kier alpha value is -0.300. The highest BCUT2D eigenvalue weighted by molar-refractivity contribution is 4.92. The van der Waals surface area contributed by atoms with Crippen molar-refractivity contribution in [2.45, 2.75) is 40.0 Å². The lowest BCUT2D eigenvalue weighted by Gasteiger charge is -1.98. The van der Waals surface area contributed by atoms with E-state index in [0.717, 1.165) is 13.2 Å². The van der Waals surface area contributed by atoms with Gasteiger partial charge in [0.1, 0.15) is 0 Å². The first-order chi connectivity index (χ1) is 5.27. The summed E-state index contributed by atoms with van der Waals surface area (Å²) in [5.41, 5.74) is 1.42. The van der Waals surface area contributed by atoms with Gasteiger partial charge in [-0.05, 0) is 40.0 Å². The zero-order chi connectivity index (χ0) is 8.53. The van der Waals surface area contributed by atoms with E-state index in [9.17, 15) is 0 Å². The Morgan fingerprint density at radius 1 is 1.27 bits per heavy atom. The fourth-order valence-electron chi connectivity index (χ4n) is 0.884. The summed E-state index contributed by atoms with van der Waals surface area (Å²) >= 11 is 0. The maximum absolute atomic E-state index is 5.22. The highest BCUT2D eigenvalue weighted by atomic mass is 16.5. The fraction of sp³-hybridized carbons (Fsp3) is 0.800. The van der Waals surface area contributed by atoms with Crippen molar-refractivity contribution in [3.05, 3.63) is 11.6 Å². The molecule has 0 aliphatic heterocycles. The minimum atomic E-state index is 0.850. The van der Waals surface area contributed by atoms with Crippen molar-refractivity contribution in [3.63, 3.8) is 0 Å². The molecule has 0 aromatic carbocycles. The molecule has 0 aromatic heterocycles. The second-order valence-electron chi connectivity index (χ2n) is 2.97. The van der Waals surface area contributed by atoms with Crippen molar-refractivity contribution in [2.24, 2.45) is 0 Å². The Morgan fingerprint density at radius 3 is 2.55 bits per heavy atom. The molecule has 1 nitrogen and oxygen atoms in total. The van der Waals surface area contributed by atoms with Crippen molar-refractivity contribution in [2.75, 3.05) is 13.2 Å². The second-order valence-corrected chi connectivity index (χ2v) is 2.97. The zero-order valence-electron chi connectivity index (χ0n) is 8.02. The summed E-state index contributed by atoms with van der Waals surface area (Å²) in [6.45, 7) is 8.09. The van der Waals surface area contributed by atoms with Crippen LogP contribution < -0.4 is 0 Å². The summed E-state index contributed by atoms with van der Waals surface area (Å²) in [6.07, 6.45) is 5.93. The minimum absolute atomic E-state index is 0.850. The Morgan fingerprint density at radius 2 is 2.00 bits per heavy atom. The predicted molar refractivity (Wildman–Crippen MR) is 49.8 cm³/mol. The third kappa shape index (κ3) is 9.70. The first-order valence-corrected chi connectivity index (χ1v) is 4.48. The van der Waals surface area contributed by atoms with E-state index >= 15 is 0 Å². The largest absolute Gasteiger partial charge is 0.382 e. The number of unbranched alkanes of at least 4 members (excludes halogenated alkanes) is 2. The van der Waals surface area contributed by atoms with Gasteiger partial charge in [0.05, 0.1) is 0 Å². The molecule has 0 spiro atoms. The summed E-state index contributed by atoms with van der Waals surface area (Å²) in [5, 5.41) is 0. The van der Waals surface area contributed by atoms with E-state index in [1.807, 2.05) is 6.92 Å². The lowest BCUT2D eigenvalue weighted by molar-refractivity contribution is 0.143. The molecule has 0 fully saturated rings. The van der Waals surface area contributed by atoms with Gasteiger partial charge >= 0.3 is 0 Å². The van der Waals surface area contributed by atoms with Crippen LogP contribution in [0.25, 0.3) is 0 Å². The van der Waals surface area contributed by atoms with Gasteiger partial charge in [-0.25, -0.2) is 0 Å². The van der Waals surface area contributed by atoms with Crippen LogP contribution in [0.2, 0.25) is 0 Å². The van der Waals surface area contributed by atoms with Gasteiger partial charge in [-0.2, -0.15) is 0 Å². The molecule has 0 atom stereocenters. The first-order valence-electron chi connectivity index (χ1n) is 4.48. The number of hydrogen-bond acceptors (Lipinski definition) is 1. The van der Waals surface area contributed by atoms with Crippen molar-refractivity contribution < 1.29 is 4.74 Å². The summed E-state index contributed by atoms with van der Waals surface area (Å²) < 4.78 is 5.22. The third-order valence-electron chi connectivity index (χ3n) is 1.50. The Kier molecular flexibility index (Phi) is 7.59. The number of hydrogen-bond donors (Lipinski definition) is 0. The van der Waals surface area contributed by atoms with E-state index in [1.165, 1.54) is 24.8 Å². The molecular formula is C10H20O. The molecule has 0 N–H and O–H groups in total. The minimum Gasteiger partial charge on any atom is -0.382 e. The fourth-order valence-corrected chi connectivity index (χ4v) is 0.884. The highest BCUT2D eigenvalue weighted by Crippen LogP contribution is 2.00. The second kappa shape index (κ2) is 7.80. The van der Waals surface area contributed by atoms with Gasteiger partial charge < -0.3 is 4.74 Å². The van der Waals surface area contributed by atoms with Gasteiger partial charge in [-0.3, -0.25) is 0 Å². The molecule has 0 aliphatic rings.